The maximum Gasteiger partial charge on any atom is 0.231 e. The molecule has 0 aliphatic heterocycles. The van der Waals surface area contributed by atoms with Crippen LogP contribution < -0.4 is 0 Å². The maximum atomic E-state index is 12.6. The molecule has 0 aromatic carbocycles. The van der Waals surface area contributed by atoms with Gasteiger partial charge < -0.3 is 5.11 Å². The highest BCUT2D eigenvalue weighted by Gasteiger charge is 2.24. The van der Waals surface area contributed by atoms with Crippen LogP contribution in [0.25, 0.3) is 0 Å². The van der Waals surface area contributed by atoms with Crippen LogP contribution in [0, 0.1) is 0 Å². The summed E-state index contributed by atoms with van der Waals surface area (Å²) in [6, 6.07) is 0. The summed E-state index contributed by atoms with van der Waals surface area (Å²) in [6.45, 7) is 6.06. The van der Waals surface area contributed by atoms with Gasteiger partial charge in [-0.15, -0.1) is 0 Å². The first-order chi connectivity index (χ1) is 18.5. The number of carbonyl (C=O) groups excluding carboxylic acids is 2. The van der Waals surface area contributed by atoms with Gasteiger partial charge in [0.1, 0.15) is 6.23 Å². The third kappa shape index (κ3) is 24.2. The molecule has 0 saturated heterocycles. The first kappa shape index (κ1) is 37.1. The Labute approximate surface area is 238 Å². The van der Waals surface area contributed by atoms with Crippen molar-refractivity contribution in [1.82, 2.24) is 4.90 Å². The lowest BCUT2D eigenvalue weighted by Gasteiger charge is -2.23. The molecule has 38 heavy (non-hydrogen) atoms. The molecule has 1 N–H and O–H groups in total. The normalized spacial score (nSPS) is 12.1. The van der Waals surface area contributed by atoms with E-state index < -0.39 is 6.23 Å². The zero-order chi connectivity index (χ0) is 28.1. The first-order valence-corrected chi connectivity index (χ1v) is 17.1. The standard InChI is InChI=1S/C34H67NO3/c1-4-6-8-10-12-14-16-18-20-22-24-26-28-30-33(37)35(32(3)36)34(38)31-29-27-25-23-21-19-17-15-13-11-9-7-5-2/h32,36H,4-31H2,1-3H3. The van der Waals surface area contributed by atoms with E-state index in [0.717, 1.165) is 43.4 Å². The van der Waals surface area contributed by atoms with Crippen LogP contribution in [0.1, 0.15) is 201 Å². The number of imide groups is 1. The monoisotopic (exact) mass is 538 g/mol. The average molecular weight is 538 g/mol. The van der Waals surface area contributed by atoms with E-state index in [1.165, 1.54) is 135 Å². The Morgan fingerprint density at radius 2 is 0.658 bits per heavy atom. The summed E-state index contributed by atoms with van der Waals surface area (Å²) in [4.78, 5) is 26.3. The minimum Gasteiger partial charge on any atom is -0.373 e. The summed E-state index contributed by atoms with van der Waals surface area (Å²) in [5.41, 5.74) is 0. The van der Waals surface area contributed by atoms with Gasteiger partial charge in [0.05, 0.1) is 0 Å². The van der Waals surface area contributed by atoms with Crippen molar-refractivity contribution < 1.29 is 14.7 Å². The predicted molar refractivity (Wildman–Crippen MR) is 164 cm³/mol. The Balaban J connectivity index is 3.71. The van der Waals surface area contributed by atoms with Gasteiger partial charge in [-0.3, -0.25) is 14.5 Å². The zero-order valence-corrected chi connectivity index (χ0v) is 26.1. The second kappa shape index (κ2) is 29.1. The largest absolute Gasteiger partial charge is 0.373 e. The van der Waals surface area contributed by atoms with Crippen molar-refractivity contribution in [3.8, 4) is 0 Å². The number of carbonyl (C=O) groups is 2. The fourth-order valence-corrected chi connectivity index (χ4v) is 5.38. The van der Waals surface area contributed by atoms with E-state index >= 15 is 0 Å². The molecule has 226 valence electrons. The van der Waals surface area contributed by atoms with Crippen LogP contribution in [0.2, 0.25) is 0 Å². The zero-order valence-electron chi connectivity index (χ0n) is 26.1. The highest BCUT2D eigenvalue weighted by Crippen LogP contribution is 2.16. The third-order valence-electron chi connectivity index (χ3n) is 7.90. The van der Waals surface area contributed by atoms with Crippen LogP contribution in [0.3, 0.4) is 0 Å². The van der Waals surface area contributed by atoms with Gasteiger partial charge in [-0.2, -0.15) is 0 Å². The smallest absolute Gasteiger partial charge is 0.231 e. The number of hydrogen-bond donors (Lipinski definition) is 1. The average Bonchev–Trinajstić information content (AvgIpc) is 2.89. The molecule has 0 spiro atoms. The van der Waals surface area contributed by atoms with E-state index in [2.05, 4.69) is 13.8 Å². The number of unbranched alkanes of at least 4 members (excludes halogenated alkanes) is 24. The molecule has 0 heterocycles. The highest BCUT2D eigenvalue weighted by atomic mass is 16.3. The van der Waals surface area contributed by atoms with Crippen molar-refractivity contribution in [2.45, 2.75) is 207 Å². The van der Waals surface area contributed by atoms with E-state index in [-0.39, 0.29) is 11.8 Å². The van der Waals surface area contributed by atoms with Crippen molar-refractivity contribution in [3.05, 3.63) is 0 Å². The summed E-state index contributed by atoms with van der Waals surface area (Å²) < 4.78 is 0. The van der Waals surface area contributed by atoms with Gasteiger partial charge in [-0.1, -0.05) is 168 Å². The number of amides is 2. The fourth-order valence-electron chi connectivity index (χ4n) is 5.38. The second-order valence-corrected chi connectivity index (χ2v) is 11.8. The fraction of sp³-hybridized carbons (Fsp3) is 0.941. The predicted octanol–water partition coefficient (Wildman–Crippen LogP) is 10.6. The molecule has 0 fully saturated rings. The molecule has 2 amide bonds. The lowest BCUT2D eigenvalue weighted by Crippen LogP contribution is -2.43. The number of rotatable bonds is 29. The highest BCUT2D eigenvalue weighted by molar-refractivity contribution is 5.95. The minimum absolute atomic E-state index is 0.206. The Kier molecular flexibility index (Phi) is 28.4. The van der Waals surface area contributed by atoms with Crippen LogP contribution in [0.5, 0.6) is 0 Å². The van der Waals surface area contributed by atoms with Crippen LogP contribution >= 0.6 is 0 Å². The number of hydrogen-bond acceptors (Lipinski definition) is 3. The first-order valence-electron chi connectivity index (χ1n) is 17.1. The maximum absolute atomic E-state index is 12.6. The number of nitrogens with zero attached hydrogens (tertiary/aromatic N) is 1. The lowest BCUT2D eigenvalue weighted by atomic mass is 10.0. The van der Waals surface area contributed by atoms with Gasteiger partial charge in [-0.05, 0) is 19.8 Å². The molecule has 0 aliphatic rings. The Hall–Kier alpha value is -0.900. The molecule has 0 aromatic heterocycles. The van der Waals surface area contributed by atoms with Crippen molar-refractivity contribution in [2.75, 3.05) is 0 Å². The molecule has 0 aliphatic carbocycles. The topological polar surface area (TPSA) is 57.6 Å². The molecular formula is C34H67NO3. The summed E-state index contributed by atoms with van der Waals surface area (Å²) >= 11 is 0. The van der Waals surface area contributed by atoms with Gasteiger partial charge in [-0.25, -0.2) is 0 Å². The van der Waals surface area contributed by atoms with Crippen LogP contribution in [0.15, 0.2) is 0 Å². The molecule has 4 heteroatoms. The summed E-state index contributed by atoms with van der Waals surface area (Å²) in [6.07, 6.45) is 32.6. The van der Waals surface area contributed by atoms with Crippen molar-refractivity contribution >= 4 is 11.8 Å². The molecule has 0 aromatic rings. The third-order valence-corrected chi connectivity index (χ3v) is 7.90. The molecular weight excluding hydrogens is 470 g/mol. The van der Waals surface area contributed by atoms with E-state index in [9.17, 15) is 14.7 Å². The molecule has 4 nitrogen and oxygen atoms in total. The van der Waals surface area contributed by atoms with Crippen molar-refractivity contribution in [2.24, 2.45) is 0 Å². The van der Waals surface area contributed by atoms with Crippen LogP contribution in [-0.4, -0.2) is 28.0 Å². The SMILES string of the molecule is CCCCCCCCCCCCCCCC(=O)N(C(=O)CCCCCCCCCCCCCCC)C(C)O. The van der Waals surface area contributed by atoms with Gasteiger partial charge in [0, 0.05) is 12.8 Å². The quantitative estimate of drug-likeness (QED) is 0.0762. The molecule has 0 radical (unpaired) electrons. The van der Waals surface area contributed by atoms with E-state index in [1.54, 1.807) is 0 Å². The molecule has 0 bridgehead atoms. The van der Waals surface area contributed by atoms with Gasteiger partial charge in [0.15, 0.2) is 0 Å². The Morgan fingerprint density at radius 1 is 0.447 bits per heavy atom. The van der Waals surface area contributed by atoms with Crippen molar-refractivity contribution in [1.29, 1.82) is 0 Å². The Morgan fingerprint density at radius 3 is 0.868 bits per heavy atom. The van der Waals surface area contributed by atoms with E-state index in [4.69, 9.17) is 0 Å². The second-order valence-electron chi connectivity index (χ2n) is 11.8. The van der Waals surface area contributed by atoms with E-state index in [0.29, 0.717) is 12.8 Å². The van der Waals surface area contributed by atoms with E-state index in [1.807, 2.05) is 0 Å². The molecule has 1 unspecified atom stereocenters. The summed E-state index contributed by atoms with van der Waals surface area (Å²) in [7, 11) is 0. The number of aliphatic hydroxyl groups is 1. The number of aliphatic hydroxyl groups excluding tert-OH is 1. The molecule has 0 rings (SSSR count). The van der Waals surface area contributed by atoms with Gasteiger partial charge >= 0.3 is 0 Å². The summed E-state index contributed by atoms with van der Waals surface area (Å²) in [5, 5.41) is 10.0. The van der Waals surface area contributed by atoms with Crippen molar-refractivity contribution in [3.63, 3.8) is 0 Å². The van der Waals surface area contributed by atoms with Gasteiger partial charge in [0.2, 0.25) is 11.8 Å². The van der Waals surface area contributed by atoms with Gasteiger partial charge in [0.25, 0.3) is 0 Å². The summed E-state index contributed by atoms with van der Waals surface area (Å²) in [5.74, 6) is -0.412. The molecule has 1 atom stereocenters. The van der Waals surface area contributed by atoms with Crippen LogP contribution in [0.4, 0.5) is 0 Å². The van der Waals surface area contributed by atoms with Crippen LogP contribution in [-0.2, 0) is 9.59 Å². The Bertz CT molecular complexity index is 478. The minimum atomic E-state index is -1.03. The molecule has 0 saturated carbocycles. The lowest BCUT2D eigenvalue weighted by molar-refractivity contribution is -0.155.